The van der Waals surface area contributed by atoms with Crippen LogP contribution in [0.4, 0.5) is 13.6 Å². The first-order chi connectivity index (χ1) is 16.8. The Balaban J connectivity index is 2.14. The number of benzene rings is 1. The predicted octanol–water partition coefficient (Wildman–Crippen LogP) is 6.06. The molecule has 1 amide bonds. The molecule has 1 aromatic carbocycles. The Labute approximate surface area is 213 Å². The average molecular weight is 503 g/mol. The van der Waals surface area contributed by atoms with Gasteiger partial charge >= 0.3 is 6.09 Å². The molecule has 0 radical (unpaired) electrons. The summed E-state index contributed by atoms with van der Waals surface area (Å²) in [6, 6.07) is 5.32. The van der Waals surface area contributed by atoms with E-state index in [1.807, 2.05) is 34.6 Å². The van der Waals surface area contributed by atoms with Crippen molar-refractivity contribution in [1.82, 2.24) is 20.4 Å². The second-order valence-electron chi connectivity index (χ2n) is 11.5. The number of piperazine rings is 1. The van der Waals surface area contributed by atoms with Gasteiger partial charge in [0.25, 0.3) is 0 Å². The second-order valence-corrected chi connectivity index (χ2v) is 11.5. The highest BCUT2D eigenvalue weighted by Crippen LogP contribution is 2.40. The summed E-state index contributed by atoms with van der Waals surface area (Å²) < 4.78 is 35.0. The zero-order valence-corrected chi connectivity index (χ0v) is 22.8. The molecule has 1 saturated heterocycles. The van der Waals surface area contributed by atoms with E-state index < -0.39 is 22.7 Å². The molecule has 0 aliphatic carbocycles. The lowest BCUT2D eigenvalue weighted by atomic mass is 9.73. The van der Waals surface area contributed by atoms with Crippen molar-refractivity contribution in [2.45, 2.75) is 84.8 Å². The van der Waals surface area contributed by atoms with Gasteiger partial charge in [0.2, 0.25) is 0 Å². The summed E-state index contributed by atoms with van der Waals surface area (Å²) in [6.07, 6.45) is 0.460. The summed E-state index contributed by atoms with van der Waals surface area (Å²) >= 11 is 0. The number of hydrogen-bond acceptors (Lipinski definition) is 5. The molecule has 2 heterocycles. The number of nitrogens with zero attached hydrogens (tertiary/aromatic N) is 3. The number of amides is 1. The molecule has 3 rings (SSSR count). The van der Waals surface area contributed by atoms with Crippen molar-refractivity contribution in [3.8, 4) is 11.3 Å². The highest BCUT2D eigenvalue weighted by molar-refractivity contribution is 5.69. The Hall–Kier alpha value is -2.61. The number of halogens is 2. The third-order valence-corrected chi connectivity index (χ3v) is 7.00. The van der Waals surface area contributed by atoms with Crippen molar-refractivity contribution >= 4 is 6.09 Å². The lowest BCUT2D eigenvalue weighted by Gasteiger charge is -2.45. The van der Waals surface area contributed by atoms with Crippen LogP contribution in [0.1, 0.15) is 79.0 Å². The molecule has 1 aromatic heterocycles. The summed E-state index contributed by atoms with van der Waals surface area (Å²) in [4.78, 5) is 14.9. The Morgan fingerprint density at radius 2 is 1.81 bits per heavy atom. The van der Waals surface area contributed by atoms with Gasteiger partial charge in [0.05, 0.1) is 23.0 Å². The zero-order valence-electron chi connectivity index (χ0n) is 22.8. The lowest BCUT2D eigenvalue weighted by molar-refractivity contribution is 0.00251. The zero-order chi connectivity index (χ0) is 26.8. The third kappa shape index (κ3) is 5.85. The van der Waals surface area contributed by atoms with E-state index in [9.17, 15) is 13.6 Å². The number of ether oxygens (including phenoxy) is 1. The highest BCUT2D eigenvalue weighted by atomic mass is 19.1. The molecule has 1 aliphatic rings. The Morgan fingerprint density at radius 3 is 2.36 bits per heavy atom. The fourth-order valence-electron chi connectivity index (χ4n) is 5.15. The molecule has 0 spiro atoms. The molecule has 1 aliphatic heterocycles. The fraction of sp³-hybridized carbons (Fsp3) is 0.607. The largest absolute Gasteiger partial charge is 0.444 e. The number of hydrogen-bond donors (Lipinski definition) is 1. The van der Waals surface area contributed by atoms with E-state index in [0.29, 0.717) is 19.6 Å². The quantitative estimate of drug-likeness (QED) is 0.520. The van der Waals surface area contributed by atoms with Gasteiger partial charge in [0.15, 0.2) is 0 Å². The van der Waals surface area contributed by atoms with Crippen molar-refractivity contribution in [1.29, 1.82) is 0 Å². The standard InChI is InChI=1S/C28H40F2N4O2/c1-9-18(17(2)3)19-15-22(24-20(29)11-10-12-21(24)30)32-33-25(19)28(7,8)23-16-31-13-14-34(23)26(35)36-27(4,5)6/h10-12,15,17-18,23,31H,9,13-14,16H2,1-8H3/t18-,23+/m1/s1. The number of carbonyl (C=O) groups excluding carboxylic acids is 1. The summed E-state index contributed by atoms with van der Waals surface area (Å²) in [5, 5.41) is 12.3. The fourth-order valence-corrected chi connectivity index (χ4v) is 5.15. The van der Waals surface area contributed by atoms with Crippen molar-refractivity contribution in [3.63, 3.8) is 0 Å². The predicted molar refractivity (Wildman–Crippen MR) is 138 cm³/mol. The molecule has 0 unspecified atom stereocenters. The van der Waals surface area contributed by atoms with Crippen molar-refractivity contribution < 1.29 is 18.3 Å². The van der Waals surface area contributed by atoms with Gasteiger partial charge in [0.1, 0.15) is 17.2 Å². The molecule has 2 atom stereocenters. The summed E-state index contributed by atoms with van der Waals surface area (Å²) in [7, 11) is 0. The van der Waals surface area contributed by atoms with Crippen LogP contribution >= 0.6 is 0 Å². The monoisotopic (exact) mass is 502 g/mol. The highest BCUT2D eigenvalue weighted by Gasteiger charge is 2.44. The third-order valence-electron chi connectivity index (χ3n) is 7.00. The first-order valence-corrected chi connectivity index (χ1v) is 12.8. The van der Waals surface area contributed by atoms with E-state index in [0.717, 1.165) is 17.7 Å². The second kappa shape index (κ2) is 10.8. The average Bonchev–Trinajstić information content (AvgIpc) is 2.78. The normalized spacial score (nSPS) is 17.9. The van der Waals surface area contributed by atoms with Gasteiger partial charge in [0, 0.05) is 25.0 Å². The van der Waals surface area contributed by atoms with Crippen LogP contribution in [-0.4, -0.2) is 52.5 Å². The lowest BCUT2D eigenvalue weighted by Crippen LogP contribution is -2.61. The van der Waals surface area contributed by atoms with E-state index in [2.05, 4.69) is 36.3 Å². The van der Waals surface area contributed by atoms with E-state index in [-0.39, 0.29) is 35.2 Å². The maximum Gasteiger partial charge on any atom is 0.410 e. The Kier molecular flexibility index (Phi) is 8.38. The SMILES string of the molecule is CC[C@@H](c1cc(-c2c(F)cccc2F)nnc1C(C)(C)[C@@H]1CNCCN1C(=O)OC(C)(C)C)C(C)C. The molecular formula is C28H40F2N4O2. The van der Waals surface area contributed by atoms with Crippen LogP contribution < -0.4 is 5.32 Å². The van der Waals surface area contributed by atoms with Crippen LogP contribution in [0.2, 0.25) is 0 Å². The number of carbonyl (C=O) groups is 1. The Bertz CT molecular complexity index is 1060. The van der Waals surface area contributed by atoms with Crippen molar-refractivity contribution in [3.05, 3.63) is 47.2 Å². The first kappa shape index (κ1) is 28.0. The van der Waals surface area contributed by atoms with Crippen LogP contribution in [-0.2, 0) is 10.2 Å². The minimum Gasteiger partial charge on any atom is -0.444 e. The van der Waals surface area contributed by atoms with Gasteiger partial charge < -0.3 is 15.0 Å². The Morgan fingerprint density at radius 1 is 1.17 bits per heavy atom. The molecular weight excluding hydrogens is 462 g/mol. The molecule has 1 fully saturated rings. The van der Waals surface area contributed by atoms with Gasteiger partial charge in [-0.3, -0.25) is 0 Å². The van der Waals surface area contributed by atoms with Gasteiger partial charge in [-0.2, -0.15) is 10.2 Å². The molecule has 36 heavy (non-hydrogen) atoms. The number of rotatable bonds is 6. The van der Waals surface area contributed by atoms with Gasteiger partial charge in [-0.25, -0.2) is 13.6 Å². The topological polar surface area (TPSA) is 67.4 Å². The molecule has 0 bridgehead atoms. The number of nitrogens with one attached hydrogen (secondary N) is 1. The van der Waals surface area contributed by atoms with Crippen molar-refractivity contribution in [2.24, 2.45) is 5.92 Å². The summed E-state index contributed by atoms with van der Waals surface area (Å²) in [5.74, 6) is -0.992. The van der Waals surface area contributed by atoms with Gasteiger partial charge in [-0.05, 0) is 62.8 Å². The maximum atomic E-state index is 14.6. The van der Waals surface area contributed by atoms with Crippen LogP contribution in [0.5, 0.6) is 0 Å². The van der Waals surface area contributed by atoms with E-state index in [1.165, 1.54) is 18.2 Å². The molecule has 198 valence electrons. The van der Waals surface area contributed by atoms with Crippen LogP contribution in [0, 0.1) is 17.6 Å². The smallest absolute Gasteiger partial charge is 0.410 e. The number of aromatic nitrogens is 2. The van der Waals surface area contributed by atoms with Gasteiger partial charge in [-0.15, -0.1) is 0 Å². The van der Waals surface area contributed by atoms with Crippen molar-refractivity contribution in [2.75, 3.05) is 19.6 Å². The minimum absolute atomic E-state index is 0.0925. The van der Waals surface area contributed by atoms with Crippen LogP contribution in [0.15, 0.2) is 24.3 Å². The van der Waals surface area contributed by atoms with E-state index in [1.54, 1.807) is 11.0 Å². The van der Waals surface area contributed by atoms with E-state index >= 15 is 0 Å². The first-order valence-electron chi connectivity index (χ1n) is 12.8. The van der Waals surface area contributed by atoms with Crippen LogP contribution in [0.25, 0.3) is 11.3 Å². The molecule has 2 aromatic rings. The molecule has 6 nitrogen and oxygen atoms in total. The van der Waals surface area contributed by atoms with Gasteiger partial charge in [-0.1, -0.05) is 40.7 Å². The van der Waals surface area contributed by atoms with Crippen LogP contribution in [0.3, 0.4) is 0 Å². The molecule has 8 heteroatoms. The summed E-state index contributed by atoms with van der Waals surface area (Å²) in [5.41, 5.74) is 0.388. The maximum absolute atomic E-state index is 14.6. The molecule has 0 saturated carbocycles. The minimum atomic E-state index is -0.674. The molecule has 1 N–H and O–H groups in total. The van der Waals surface area contributed by atoms with E-state index in [4.69, 9.17) is 4.74 Å². The summed E-state index contributed by atoms with van der Waals surface area (Å²) in [6.45, 7) is 17.7.